The molecule has 0 radical (unpaired) electrons. The highest BCUT2D eigenvalue weighted by Gasteiger charge is 2.10. The van der Waals surface area contributed by atoms with E-state index in [2.05, 4.69) is 15.5 Å². The van der Waals surface area contributed by atoms with Gasteiger partial charge in [0.15, 0.2) is 4.34 Å². The molecule has 0 saturated carbocycles. The lowest BCUT2D eigenvalue weighted by molar-refractivity contribution is 0.0954. The monoisotopic (exact) mass is 203 g/mol. The number of nitrogens with zero attached hydrogens (tertiary/aromatic N) is 2. The van der Waals surface area contributed by atoms with E-state index in [-0.39, 0.29) is 5.91 Å². The van der Waals surface area contributed by atoms with Crippen molar-refractivity contribution in [2.45, 2.75) is 11.3 Å². The Balaban J connectivity index is 2.68. The van der Waals surface area contributed by atoms with E-state index < -0.39 is 0 Å². The van der Waals surface area contributed by atoms with Crippen molar-refractivity contribution in [2.75, 3.05) is 12.8 Å². The van der Waals surface area contributed by atoms with Crippen LogP contribution in [-0.2, 0) is 0 Å². The van der Waals surface area contributed by atoms with Gasteiger partial charge in [-0.1, -0.05) is 23.1 Å². The Morgan fingerprint density at radius 2 is 2.42 bits per heavy atom. The summed E-state index contributed by atoms with van der Waals surface area (Å²) in [6, 6.07) is 0. The van der Waals surface area contributed by atoms with Crippen LogP contribution in [0.5, 0.6) is 0 Å². The predicted molar refractivity (Wildman–Crippen MR) is 49.7 cm³/mol. The number of hydrogen-bond donors (Lipinski definition) is 1. The molecule has 0 atom stereocenters. The summed E-state index contributed by atoms with van der Waals surface area (Å²) in [5, 5.41) is 10.6. The molecule has 1 amide bonds. The van der Waals surface area contributed by atoms with E-state index in [1.165, 1.54) is 23.1 Å². The molecule has 0 aliphatic rings. The molecule has 0 fully saturated rings. The smallest absolute Gasteiger partial charge is 0.282 e. The van der Waals surface area contributed by atoms with Crippen LogP contribution in [-0.4, -0.2) is 28.9 Å². The van der Waals surface area contributed by atoms with E-state index in [1.807, 2.05) is 13.2 Å². The highest BCUT2D eigenvalue weighted by atomic mass is 32.2. The van der Waals surface area contributed by atoms with Crippen molar-refractivity contribution < 1.29 is 4.79 Å². The van der Waals surface area contributed by atoms with Crippen molar-refractivity contribution >= 4 is 29.0 Å². The largest absolute Gasteiger partial charge is 0.350 e. The summed E-state index contributed by atoms with van der Waals surface area (Å²) < 4.78 is 0.816. The molecule has 4 nitrogen and oxygen atoms in total. The summed E-state index contributed by atoms with van der Waals surface area (Å²) in [5.41, 5.74) is 0. The SMILES string of the molecule is CCNC(=O)c1nnc(SC)s1. The molecule has 6 heteroatoms. The fraction of sp³-hybridized carbons (Fsp3) is 0.500. The minimum absolute atomic E-state index is 0.143. The third-order valence-electron chi connectivity index (χ3n) is 1.11. The predicted octanol–water partition coefficient (Wildman–Crippen LogP) is 1.01. The molecule has 12 heavy (non-hydrogen) atoms. The summed E-state index contributed by atoms with van der Waals surface area (Å²) >= 11 is 2.80. The molecular formula is C6H9N3OS2. The lowest BCUT2D eigenvalue weighted by atomic mass is 10.6. The summed E-state index contributed by atoms with van der Waals surface area (Å²) in [6.45, 7) is 2.49. The van der Waals surface area contributed by atoms with Gasteiger partial charge in [0.05, 0.1) is 0 Å². The molecule has 0 aromatic carbocycles. The molecule has 0 aliphatic carbocycles. The number of thioether (sulfide) groups is 1. The van der Waals surface area contributed by atoms with Gasteiger partial charge in [0.25, 0.3) is 5.91 Å². The molecule has 1 heterocycles. The van der Waals surface area contributed by atoms with E-state index >= 15 is 0 Å². The zero-order valence-corrected chi connectivity index (χ0v) is 8.46. The second kappa shape index (κ2) is 4.42. The minimum Gasteiger partial charge on any atom is -0.350 e. The van der Waals surface area contributed by atoms with Gasteiger partial charge in [-0.25, -0.2) is 0 Å². The summed E-state index contributed by atoms with van der Waals surface area (Å²) in [5.74, 6) is -0.143. The van der Waals surface area contributed by atoms with Gasteiger partial charge >= 0.3 is 0 Å². The van der Waals surface area contributed by atoms with Crippen LogP contribution in [0.2, 0.25) is 0 Å². The summed E-state index contributed by atoms with van der Waals surface area (Å²) in [7, 11) is 0. The standard InChI is InChI=1S/C6H9N3OS2/c1-3-7-4(10)5-8-9-6(11-2)12-5/h3H2,1-2H3,(H,7,10). The van der Waals surface area contributed by atoms with Crippen LogP contribution >= 0.6 is 23.1 Å². The van der Waals surface area contributed by atoms with Crippen LogP contribution in [0.1, 0.15) is 16.7 Å². The number of nitrogens with one attached hydrogen (secondary N) is 1. The Morgan fingerprint density at radius 3 is 2.92 bits per heavy atom. The average Bonchev–Trinajstić information content (AvgIpc) is 2.52. The van der Waals surface area contributed by atoms with Gasteiger partial charge in [-0.05, 0) is 13.2 Å². The maximum absolute atomic E-state index is 11.2. The Hall–Kier alpha value is -0.620. The zero-order chi connectivity index (χ0) is 8.97. The van der Waals surface area contributed by atoms with Crippen molar-refractivity contribution in [3.63, 3.8) is 0 Å². The third kappa shape index (κ3) is 2.18. The second-order valence-corrected chi connectivity index (χ2v) is 3.97. The van der Waals surface area contributed by atoms with Gasteiger partial charge in [0.1, 0.15) is 0 Å². The topological polar surface area (TPSA) is 54.9 Å². The maximum Gasteiger partial charge on any atom is 0.282 e. The molecule has 1 aromatic heterocycles. The summed E-state index contributed by atoms with van der Waals surface area (Å²) in [4.78, 5) is 11.2. The van der Waals surface area contributed by atoms with E-state index in [1.54, 1.807) is 0 Å². The van der Waals surface area contributed by atoms with E-state index in [9.17, 15) is 4.79 Å². The van der Waals surface area contributed by atoms with Crippen molar-refractivity contribution in [2.24, 2.45) is 0 Å². The van der Waals surface area contributed by atoms with Crippen LogP contribution in [0, 0.1) is 0 Å². The minimum atomic E-state index is -0.143. The first-order valence-electron chi connectivity index (χ1n) is 3.43. The van der Waals surface area contributed by atoms with Crippen LogP contribution in [0.15, 0.2) is 4.34 Å². The molecule has 1 aromatic rings. The van der Waals surface area contributed by atoms with Crippen LogP contribution in [0.4, 0.5) is 0 Å². The Morgan fingerprint density at radius 1 is 1.67 bits per heavy atom. The van der Waals surface area contributed by atoms with Crippen LogP contribution in [0.3, 0.4) is 0 Å². The average molecular weight is 203 g/mol. The molecule has 0 bridgehead atoms. The number of rotatable bonds is 3. The molecule has 1 N–H and O–H groups in total. The molecule has 1 rings (SSSR count). The van der Waals surface area contributed by atoms with Gasteiger partial charge in [-0.2, -0.15) is 0 Å². The Bertz CT molecular complexity index is 274. The lowest BCUT2D eigenvalue weighted by Gasteiger charge is -1.93. The first-order chi connectivity index (χ1) is 5.77. The molecule has 0 unspecified atom stereocenters. The van der Waals surface area contributed by atoms with E-state index in [0.29, 0.717) is 11.6 Å². The molecule has 0 aliphatic heterocycles. The van der Waals surface area contributed by atoms with Crippen molar-refractivity contribution in [1.82, 2.24) is 15.5 Å². The first-order valence-corrected chi connectivity index (χ1v) is 5.47. The van der Waals surface area contributed by atoms with Gasteiger partial charge in [0, 0.05) is 6.54 Å². The van der Waals surface area contributed by atoms with Gasteiger partial charge in [0.2, 0.25) is 5.01 Å². The Labute approximate surface area is 78.8 Å². The fourth-order valence-electron chi connectivity index (χ4n) is 0.620. The van der Waals surface area contributed by atoms with E-state index in [0.717, 1.165) is 4.34 Å². The first kappa shape index (κ1) is 9.47. The number of carbonyl (C=O) groups excluding carboxylic acids is 1. The van der Waals surface area contributed by atoms with Crippen molar-refractivity contribution in [1.29, 1.82) is 0 Å². The third-order valence-corrected chi connectivity index (χ3v) is 3.01. The number of hydrogen-bond acceptors (Lipinski definition) is 5. The fourth-order valence-corrected chi connectivity index (χ4v) is 1.81. The van der Waals surface area contributed by atoms with E-state index in [4.69, 9.17) is 0 Å². The lowest BCUT2D eigenvalue weighted by Crippen LogP contribution is -2.22. The number of carbonyl (C=O) groups is 1. The second-order valence-electron chi connectivity index (χ2n) is 1.94. The quantitative estimate of drug-likeness (QED) is 0.745. The summed E-state index contributed by atoms with van der Waals surface area (Å²) in [6.07, 6.45) is 1.90. The molecule has 66 valence electrons. The van der Waals surface area contributed by atoms with Gasteiger partial charge in [-0.15, -0.1) is 10.2 Å². The maximum atomic E-state index is 11.2. The molecule has 0 saturated heterocycles. The number of amides is 1. The van der Waals surface area contributed by atoms with Crippen molar-refractivity contribution in [3.8, 4) is 0 Å². The number of aromatic nitrogens is 2. The zero-order valence-electron chi connectivity index (χ0n) is 6.83. The highest BCUT2D eigenvalue weighted by molar-refractivity contribution is 8.00. The van der Waals surface area contributed by atoms with Crippen molar-refractivity contribution in [3.05, 3.63) is 5.01 Å². The molecule has 0 spiro atoms. The normalized spacial score (nSPS) is 9.83. The van der Waals surface area contributed by atoms with Gasteiger partial charge in [-0.3, -0.25) is 4.79 Å². The highest BCUT2D eigenvalue weighted by Crippen LogP contribution is 2.18. The Kier molecular flexibility index (Phi) is 3.48. The van der Waals surface area contributed by atoms with Crippen LogP contribution in [0.25, 0.3) is 0 Å². The molecular weight excluding hydrogens is 194 g/mol. The van der Waals surface area contributed by atoms with Gasteiger partial charge < -0.3 is 5.32 Å². The van der Waals surface area contributed by atoms with Crippen LogP contribution < -0.4 is 5.32 Å².